The first kappa shape index (κ1) is 14.4. The molecule has 2 heterocycles. The number of benzene rings is 1. The molecule has 5 heteroatoms. The van der Waals surface area contributed by atoms with Crippen LogP contribution in [0.25, 0.3) is 10.9 Å². The Morgan fingerprint density at radius 2 is 2.33 bits per heavy atom. The highest BCUT2D eigenvalue weighted by Crippen LogP contribution is 2.27. The average molecular weight is 286 g/mol. The van der Waals surface area contributed by atoms with Crippen molar-refractivity contribution in [3.8, 4) is 0 Å². The molecule has 5 nitrogen and oxygen atoms in total. The van der Waals surface area contributed by atoms with Crippen molar-refractivity contribution in [3.63, 3.8) is 0 Å². The molecule has 0 radical (unpaired) electrons. The third kappa shape index (κ3) is 2.91. The highest BCUT2D eigenvalue weighted by atomic mass is 16.5. The van der Waals surface area contributed by atoms with E-state index in [-0.39, 0.29) is 12.1 Å². The summed E-state index contributed by atoms with van der Waals surface area (Å²) in [7, 11) is 0. The topological polar surface area (TPSA) is 63.4 Å². The summed E-state index contributed by atoms with van der Waals surface area (Å²) in [5.41, 5.74) is 5.07. The SMILES string of the molecule is CCN1CCOC(C(NN)c2cccc3ncccc23)C1. The van der Waals surface area contributed by atoms with E-state index in [0.29, 0.717) is 0 Å². The van der Waals surface area contributed by atoms with E-state index >= 15 is 0 Å². The molecule has 0 spiro atoms. The largest absolute Gasteiger partial charge is 0.374 e. The number of nitrogens with two attached hydrogens (primary N) is 1. The van der Waals surface area contributed by atoms with E-state index in [9.17, 15) is 0 Å². The molecule has 1 aromatic heterocycles. The second-order valence-electron chi connectivity index (χ2n) is 5.36. The minimum Gasteiger partial charge on any atom is -0.374 e. The van der Waals surface area contributed by atoms with Gasteiger partial charge in [-0.05, 0) is 24.2 Å². The lowest BCUT2D eigenvalue weighted by Crippen LogP contribution is -2.49. The quantitative estimate of drug-likeness (QED) is 0.658. The van der Waals surface area contributed by atoms with Crippen molar-refractivity contribution in [2.45, 2.75) is 19.1 Å². The molecule has 2 atom stereocenters. The van der Waals surface area contributed by atoms with Crippen LogP contribution in [-0.2, 0) is 4.74 Å². The zero-order valence-electron chi connectivity index (χ0n) is 12.3. The number of aromatic nitrogens is 1. The summed E-state index contributed by atoms with van der Waals surface area (Å²) in [6.07, 6.45) is 1.86. The molecule has 21 heavy (non-hydrogen) atoms. The summed E-state index contributed by atoms with van der Waals surface area (Å²) < 4.78 is 5.96. The Morgan fingerprint density at radius 3 is 3.14 bits per heavy atom. The number of nitrogens with zero attached hydrogens (tertiary/aromatic N) is 2. The summed E-state index contributed by atoms with van der Waals surface area (Å²) in [6.45, 7) is 5.84. The Balaban J connectivity index is 1.94. The van der Waals surface area contributed by atoms with Crippen LogP contribution in [0.15, 0.2) is 36.5 Å². The van der Waals surface area contributed by atoms with Gasteiger partial charge in [0.05, 0.1) is 24.3 Å². The Bertz CT molecular complexity index is 598. The number of rotatable bonds is 4. The van der Waals surface area contributed by atoms with Crippen LogP contribution in [0.5, 0.6) is 0 Å². The Hall–Kier alpha value is -1.53. The summed E-state index contributed by atoms with van der Waals surface area (Å²) >= 11 is 0. The van der Waals surface area contributed by atoms with Crippen LogP contribution < -0.4 is 11.3 Å². The fourth-order valence-corrected chi connectivity index (χ4v) is 3.02. The lowest BCUT2D eigenvalue weighted by atomic mass is 9.96. The predicted molar refractivity (Wildman–Crippen MR) is 83.7 cm³/mol. The van der Waals surface area contributed by atoms with E-state index in [0.717, 1.165) is 42.7 Å². The number of fused-ring (bicyclic) bond motifs is 1. The van der Waals surface area contributed by atoms with Crippen LogP contribution in [0.2, 0.25) is 0 Å². The summed E-state index contributed by atoms with van der Waals surface area (Å²) in [5.74, 6) is 5.84. The van der Waals surface area contributed by atoms with Gasteiger partial charge in [0.2, 0.25) is 0 Å². The molecular formula is C16H22N4O. The molecule has 112 valence electrons. The first-order valence-corrected chi connectivity index (χ1v) is 7.47. The number of morpholine rings is 1. The molecule has 0 saturated carbocycles. The Labute approximate surface area is 125 Å². The molecule has 0 amide bonds. The van der Waals surface area contributed by atoms with E-state index in [1.807, 2.05) is 24.4 Å². The molecule has 3 N–H and O–H groups in total. The third-order valence-corrected chi connectivity index (χ3v) is 4.19. The highest BCUT2D eigenvalue weighted by Gasteiger charge is 2.29. The van der Waals surface area contributed by atoms with Crippen molar-refractivity contribution < 1.29 is 4.74 Å². The second-order valence-corrected chi connectivity index (χ2v) is 5.36. The van der Waals surface area contributed by atoms with Crippen molar-refractivity contribution in [2.75, 3.05) is 26.2 Å². The molecular weight excluding hydrogens is 264 g/mol. The van der Waals surface area contributed by atoms with Crippen molar-refractivity contribution in [1.82, 2.24) is 15.3 Å². The normalized spacial score (nSPS) is 21.5. The van der Waals surface area contributed by atoms with Gasteiger partial charge < -0.3 is 4.74 Å². The fourth-order valence-electron chi connectivity index (χ4n) is 3.02. The number of hydrazine groups is 1. The molecule has 2 unspecified atom stereocenters. The van der Waals surface area contributed by atoms with Gasteiger partial charge in [-0.2, -0.15) is 0 Å². The number of hydrogen-bond acceptors (Lipinski definition) is 5. The Morgan fingerprint density at radius 1 is 1.43 bits per heavy atom. The molecule has 3 rings (SSSR count). The number of hydrogen-bond donors (Lipinski definition) is 2. The zero-order valence-corrected chi connectivity index (χ0v) is 12.3. The second kappa shape index (κ2) is 6.49. The molecule has 1 aromatic carbocycles. The third-order valence-electron chi connectivity index (χ3n) is 4.19. The number of pyridine rings is 1. The zero-order chi connectivity index (χ0) is 14.7. The molecule has 1 aliphatic rings. The summed E-state index contributed by atoms with van der Waals surface area (Å²) in [6, 6.07) is 10.2. The predicted octanol–water partition coefficient (Wildman–Crippen LogP) is 1.46. The summed E-state index contributed by atoms with van der Waals surface area (Å²) in [4.78, 5) is 6.81. The molecule has 1 fully saturated rings. The van der Waals surface area contributed by atoms with Crippen molar-refractivity contribution in [1.29, 1.82) is 0 Å². The van der Waals surface area contributed by atoms with E-state index in [1.165, 1.54) is 0 Å². The van der Waals surface area contributed by atoms with Gasteiger partial charge in [0.25, 0.3) is 0 Å². The number of ether oxygens (including phenoxy) is 1. The monoisotopic (exact) mass is 286 g/mol. The van der Waals surface area contributed by atoms with Gasteiger partial charge in [0.1, 0.15) is 0 Å². The highest BCUT2D eigenvalue weighted by molar-refractivity contribution is 5.82. The van der Waals surface area contributed by atoms with Gasteiger partial charge in [-0.25, -0.2) is 0 Å². The van der Waals surface area contributed by atoms with E-state index < -0.39 is 0 Å². The lowest BCUT2D eigenvalue weighted by molar-refractivity contribution is -0.0454. The standard InChI is InChI=1S/C16H22N4O/c1-2-20-9-10-21-15(11-20)16(19-17)13-5-3-7-14-12(13)6-4-8-18-14/h3-8,15-16,19H,2,9-11,17H2,1H3. The van der Waals surface area contributed by atoms with E-state index in [4.69, 9.17) is 10.6 Å². The molecule has 1 saturated heterocycles. The summed E-state index contributed by atoms with van der Waals surface area (Å²) in [5, 5.41) is 1.13. The van der Waals surface area contributed by atoms with Gasteiger partial charge in [-0.3, -0.25) is 21.2 Å². The van der Waals surface area contributed by atoms with Crippen LogP contribution in [0.3, 0.4) is 0 Å². The lowest BCUT2D eigenvalue weighted by Gasteiger charge is -2.36. The number of likely N-dealkylation sites (N-methyl/N-ethyl adjacent to an activating group) is 1. The number of nitrogens with one attached hydrogen (secondary N) is 1. The molecule has 1 aliphatic heterocycles. The Kier molecular flexibility index (Phi) is 4.45. The van der Waals surface area contributed by atoms with Gasteiger partial charge in [-0.1, -0.05) is 25.1 Å². The maximum absolute atomic E-state index is 5.96. The maximum Gasteiger partial charge on any atom is 0.0910 e. The van der Waals surface area contributed by atoms with Gasteiger partial charge in [-0.15, -0.1) is 0 Å². The molecule has 2 aromatic rings. The van der Waals surface area contributed by atoms with Crippen LogP contribution in [0.1, 0.15) is 18.5 Å². The van der Waals surface area contributed by atoms with Crippen LogP contribution >= 0.6 is 0 Å². The van der Waals surface area contributed by atoms with Crippen LogP contribution in [-0.4, -0.2) is 42.2 Å². The molecule has 0 bridgehead atoms. The fraction of sp³-hybridized carbons (Fsp3) is 0.438. The minimum absolute atomic E-state index is 0.0350. The van der Waals surface area contributed by atoms with Crippen LogP contribution in [0, 0.1) is 0 Å². The molecule has 0 aliphatic carbocycles. The van der Waals surface area contributed by atoms with Crippen LogP contribution in [0.4, 0.5) is 0 Å². The van der Waals surface area contributed by atoms with E-state index in [1.54, 1.807) is 0 Å². The first-order valence-electron chi connectivity index (χ1n) is 7.47. The smallest absolute Gasteiger partial charge is 0.0910 e. The first-order chi connectivity index (χ1) is 10.3. The van der Waals surface area contributed by atoms with Crippen molar-refractivity contribution in [3.05, 3.63) is 42.1 Å². The maximum atomic E-state index is 5.96. The van der Waals surface area contributed by atoms with E-state index in [2.05, 4.69) is 34.4 Å². The van der Waals surface area contributed by atoms with Gasteiger partial charge in [0.15, 0.2) is 0 Å². The average Bonchev–Trinajstić information content (AvgIpc) is 2.56. The minimum atomic E-state index is -0.0350. The van der Waals surface area contributed by atoms with Crippen molar-refractivity contribution in [2.24, 2.45) is 5.84 Å². The van der Waals surface area contributed by atoms with Crippen molar-refractivity contribution >= 4 is 10.9 Å². The van der Waals surface area contributed by atoms with Gasteiger partial charge in [0, 0.05) is 24.7 Å². The van der Waals surface area contributed by atoms with Gasteiger partial charge >= 0.3 is 0 Å².